The number of benzene rings is 3. The molecule has 3 atom stereocenters. The van der Waals surface area contributed by atoms with Crippen LogP contribution in [0.4, 0.5) is 0 Å². The van der Waals surface area contributed by atoms with Crippen LogP contribution in [0.1, 0.15) is 33.5 Å². The van der Waals surface area contributed by atoms with Gasteiger partial charge in [0.15, 0.2) is 15.6 Å². The first kappa shape index (κ1) is 29.4. The highest BCUT2D eigenvalue weighted by atomic mass is 32.2. The van der Waals surface area contributed by atoms with E-state index in [4.69, 9.17) is 5.73 Å². The van der Waals surface area contributed by atoms with Crippen LogP contribution in [-0.4, -0.2) is 78.4 Å². The number of phenols is 1. The van der Waals surface area contributed by atoms with Gasteiger partial charge in [-0.3, -0.25) is 19.3 Å². The van der Waals surface area contributed by atoms with Gasteiger partial charge in [0, 0.05) is 43.9 Å². The number of nitrogens with two attached hydrogens (primary N) is 1. The lowest BCUT2D eigenvalue weighted by atomic mass is 10.0. The smallest absolute Gasteiger partial charge is 0.251 e. The quantitative estimate of drug-likeness (QED) is 0.341. The second kappa shape index (κ2) is 12.0. The molecule has 2 aliphatic heterocycles. The summed E-state index contributed by atoms with van der Waals surface area (Å²) in [6.07, 6.45) is 1.87. The lowest BCUT2D eigenvalue weighted by molar-refractivity contribution is -0.138. The Bertz CT molecular complexity index is 1610. The zero-order chi connectivity index (χ0) is 30.0. The van der Waals surface area contributed by atoms with E-state index in [9.17, 15) is 27.9 Å². The number of ketones is 1. The number of hydrogen-bond donors (Lipinski definition) is 3. The van der Waals surface area contributed by atoms with E-state index in [0.717, 1.165) is 17.4 Å². The molecule has 5 rings (SSSR count). The van der Waals surface area contributed by atoms with Crippen molar-refractivity contribution < 1.29 is 27.9 Å². The molecule has 2 aliphatic rings. The van der Waals surface area contributed by atoms with Gasteiger partial charge < -0.3 is 21.1 Å². The summed E-state index contributed by atoms with van der Waals surface area (Å²) in [7, 11) is -3.46. The summed E-state index contributed by atoms with van der Waals surface area (Å²) in [6, 6.07) is 18.1. The molecule has 10 nitrogen and oxygen atoms in total. The molecule has 0 unspecified atom stereocenters. The standard InChI is InChI=1S/C31H34N4O6S/c1-42(40,41)28-8-3-2-6-23(28)18-34-19-27(37)29-26(34)13-14-35(29)31(39)25(16-20-9-11-24(36)12-10-20)33-30(38)22-7-4-5-21(15-22)17-32/h2-12,15,25-26,29,36H,13-14,16-19,32H2,1H3,(H,33,38)/t25-,26+,29-/m0/s1. The summed E-state index contributed by atoms with van der Waals surface area (Å²) in [5.41, 5.74) is 8.22. The van der Waals surface area contributed by atoms with Crippen LogP contribution < -0.4 is 11.1 Å². The van der Waals surface area contributed by atoms with E-state index in [1.807, 2.05) is 11.0 Å². The summed E-state index contributed by atoms with van der Waals surface area (Å²) in [5, 5.41) is 12.6. The number of nitrogens with one attached hydrogen (secondary N) is 1. The number of likely N-dealkylation sites (tertiary alicyclic amines) is 2. The van der Waals surface area contributed by atoms with Crippen LogP contribution in [0.3, 0.4) is 0 Å². The third-order valence-corrected chi connectivity index (χ3v) is 9.15. The van der Waals surface area contributed by atoms with E-state index >= 15 is 0 Å². The molecular weight excluding hydrogens is 556 g/mol. The molecule has 0 bridgehead atoms. The average Bonchev–Trinajstić information content (AvgIpc) is 3.54. The Kier molecular flexibility index (Phi) is 8.44. The summed E-state index contributed by atoms with van der Waals surface area (Å²) in [6.45, 7) is 0.956. The van der Waals surface area contributed by atoms with Crippen LogP contribution in [0.25, 0.3) is 0 Å². The number of aromatic hydroxyl groups is 1. The van der Waals surface area contributed by atoms with Gasteiger partial charge in [-0.25, -0.2) is 8.42 Å². The number of Topliss-reactive ketones (excluding diaryl/α,β-unsaturated/α-hetero) is 1. The fraction of sp³-hybridized carbons (Fsp3) is 0.323. The predicted octanol–water partition coefficient (Wildman–Crippen LogP) is 1.65. The van der Waals surface area contributed by atoms with Crippen molar-refractivity contribution in [2.45, 2.75) is 49.0 Å². The van der Waals surface area contributed by atoms with E-state index in [2.05, 4.69) is 5.32 Å². The number of phenolic OH excluding ortho intramolecular Hbond substituents is 1. The zero-order valence-electron chi connectivity index (χ0n) is 23.3. The normalized spacial score (nSPS) is 19.5. The first-order valence-electron chi connectivity index (χ1n) is 13.8. The fourth-order valence-electron chi connectivity index (χ4n) is 5.94. The van der Waals surface area contributed by atoms with Crippen LogP contribution in [0, 0.1) is 0 Å². The molecule has 0 spiro atoms. The van der Waals surface area contributed by atoms with Crippen LogP contribution in [0.2, 0.25) is 0 Å². The highest BCUT2D eigenvalue weighted by Crippen LogP contribution is 2.32. The second-order valence-electron chi connectivity index (χ2n) is 10.9. The molecule has 4 N–H and O–H groups in total. The Labute approximate surface area is 245 Å². The van der Waals surface area contributed by atoms with E-state index in [1.54, 1.807) is 59.5 Å². The summed E-state index contributed by atoms with van der Waals surface area (Å²) >= 11 is 0. The van der Waals surface area contributed by atoms with E-state index in [1.165, 1.54) is 12.1 Å². The van der Waals surface area contributed by atoms with Crippen molar-refractivity contribution >= 4 is 27.4 Å². The number of carbonyl (C=O) groups excluding carboxylic acids is 3. The molecule has 11 heteroatoms. The Balaban J connectivity index is 1.38. The fourth-order valence-corrected chi connectivity index (χ4v) is 6.88. The van der Waals surface area contributed by atoms with Crippen LogP contribution in [0.5, 0.6) is 5.75 Å². The molecule has 0 radical (unpaired) electrons. The lowest BCUT2D eigenvalue weighted by Crippen LogP contribution is -2.53. The lowest BCUT2D eigenvalue weighted by Gasteiger charge is -2.28. The predicted molar refractivity (Wildman–Crippen MR) is 156 cm³/mol. The van der Waals surface area contributed by atoms with Gasteiger partial charge in [0.1, 0.15) is 17.8 Å². The second-order valence-corrected chi connectivity index (χ2v) is 12.9. The first-order valence-corrected chi connectivity index (χ1v) is 15.7. The maximum absolute atomic E-state index is 14.0. The monoisotopic (exact) mass is 590 g/mol. The number of amides is 2. The SMILES string of the molecule is CS(=O)(=O)c1ccccc1CN1CC(=O)[C@@H]2[C@H]1CCN2C(=O)[C@H](Cc1ccc(O)cc1)NC(=O)c1cccc(CN)c1. The van der Waals surface area contributed by atoms with E-state index in [0.29, 0.717) is 24.1 Å². The topological polar surface area (TPSA) is 150 Å². The Morgan fingerprint density at radius 3 is 2.50 bits per heavy atom. The number of rotatable bonds is 9. The van der Waals surface area contributed by atoms with Crippen LogP contribution >= 0.6 is 0 Å². The molecule has 0 aliphatic carbocycles. The molecule has 220 valence electrons. The van der Waals surface area contributed by atoms with Crippen LogP contribution in [0.15, 0.2) is 77.7 Å². The molecule has 2 amide bonds. The minimum Gasteiger partial charge on any atom is -0.508 e. The van der Waals surface area contributed by atoms with Crippen molar-refractivity contribution in [3.8, 4) is 5.75 Å². The van der Waals surface area contributed by atoms with Crippen LogP contribution in [-0.2, 0) is 38.9 Å². The summed E-state index contributed by atoms with van der Waals surface area (Å²) in [5.74, 6) is -0.839. The van der Waals surface area contributed by atoms with Gasteiger partial charge in [-0.2, -0.15) is 0 Å². The number of sulfone groups is 1. The van der Waals surface area contributed by atoms with Gasteiger partial charge in [-0.05, 0) is 53.4 Å². The van der Waals surface area contributed by atoms with Crippen molar-refractivity contribution in [2.24, 2.45) is 5.73 Å². The van der Waals surface area contributed by atoms with Crippen molar-refractivity contribution in [3.63, 3.8) is 0 Å². The minimum atomic E-state index is -3.46. The summed E-state index contributed by atoms with van der Waals surface area (Å²) in [4.78, 5) is 44.3. The van der Waals surface area contributed by atoms with Gasteiger partial charge in [0.05, 0.1) is 11.4 Å². The maximum atomic E-state index is 14.0. The minimum absolute atomic E-state index is 0.0840. The molecule has 0 saturated carbocycles. The molecule has 2 heterocycles. The molecule has 3 aromatic carbocycles. The molecule has 2 saturated heterocycles. The largest absolute Gasteiger partial charge is 0.508 e. The third kappa shape index (κ3) is 6.23. The zero-order valence-corrected chi connectivity index (χ0v) is 24.1. The molecule has 0 aromatic heterocycles. The van der Waals surface area contributed by atoms with Crippen molar-refractivity contribution in [2.75, 3.05) is 19.3 Å². The van der Waals surface area contributed by atoms with Crippen molar-refractivity contribution in [3.05, 3.63) is 95.1 Å². The number of nitrogens with zero attached hydrogens (tertiary/aromatic N) is 2. The molecular formula is C31H34N4O6S. The first-order chi connectivity index (χ1) is 20.0. The maximum Gasteiger partial charge on any atom is 0.251 e. The molecule has 42 heavy (non-hydrogen) atoms. The van der Waals surface area contributed by atoms with Gasteiger partial charge >= 0.3 is 0 Å². The Morgan fingerprint density at radius 1 is 1.05 bits per heavy atom. The van der Waals surface area contributed by atoms with E-state index in [-0.39, 0.29) is 54.4 Å². The highest BCUT2D eigenvalue weighted by Gasteiger charge is 2.50. The van der Waals surface area contributed by atoms with Crippen molar-refractivity contribution in [1.29, 1.82) is 0 Å². The Morgan fingerprint density at radius 2 is 1.79 bits per heavy atom. The third-order valence-electron chi connectivity index (χ3n) is 7.96. The van der Waals surface area contributed by atoms with E-state index < -0.39 is 27.8 Å². The number of carbonyl (C=O) groups is 3. The number of hydrogen-bond acceptors (Lipinski definition) is 8. The van der Waals surface area contributed by atoms with Crippen molar-refractivity contribution in [1.82, 2.24) is 15.1 Å². The highest BCUT2D eigenvalue weighted by molar-refractivity contribution is 7.90. The Hall–Kier alpha value is -4.06. The van der Waals surface area contributed by atoms with Gasteiger partial charge in [0.25, 0.3) is 5.91 Å². The molecule has 2 fully saturated rings. The van der Waals surface area contributed by atoms with Gasteiger partial charge in [-0.15, -0.1) is 0 Å². The molecule has 3 aromatic rings. The summed E-state index contributed by atoms with van der Waals surface area (Å²) < 4.78 is 24.7. The number of fused-ring (bicyclic) bond motifs is 1. The van der Waals surface area contributed by atoms with Gasteiger partial charge in [-0.1, -0.05) is 42.5 Å². The average molecular weight is 591 g/mol. The van der Waals surface area contributed by atoms with Gasteiger partial charge in [0.2, 0.25) is 5.91 Å².